The molecule has 0 fully saturated rings. The van der Waals surface area contributed by atoms with Crippen molar-refractivity contribution >= 4 is 0 Å². The van der Waals surface area contributed by atoms with E-state index in [1.165, 1.54) is 18.5 Å². The molecule has 0 saturated heterocycles. The van der Waals surface area contributed by atoms with Crippen LogP contribution < -0.4 is 5.32 Å². The molecule has 4 heteroatoms. The number of aromatic nitrogens is 2. The second-order valence-electron chi connectivity index (χ2n) is 4.93. The van der Waals surface area contributed by atoms with Crippen molar-refractivity contribution in [2.75, 3.05) is 19.7 Å². The molecule has 0 spiro atoms. The van der Waals surface area contributed by atoms with Crippen LogP contribution in [-0.4, -0.2) is 29.7 Å². The van der Waals surface area contributed by atoms with E-state index in [2.05, 4.69) is 29.1 Å². The minimum absolute atomic E-state index is 0.124. The average Bonchev–Trinajstić information content (AvgIpc) is 2.78. The van der Waals surface area contributed by atoms with E-state index >= 15 is 0 Å². The third kappa shape index (κ3) is 3.30. The first kappa shape index (κ1) is 12.6. The van der Waals surface area contributed by atoms with Gasteiger partial charge in [0.05, 0.1) is 18.6 Å². The van der Waals surface area contributed by atoms with Crippen LogP contribution in [0.15, 0.2) is 6.33 Å². The van der Waals surface area contributed by atoms with E-state index in [0.717, 1.165) is 37.7 Å². The summed E-state index contributed by atoms with van der Waals surface area (Å²) >= 11 is 0. The molecule has 2 atom stereocenters. The predicted molar refractivity (Wildman–Crippen MR) is 67.9 cm³/mol. The van der Waals surface area contributed by atoms with Crippen molar-refractivity contribution < 1.29 is 4.74 Å². The van der Waals surface area contributed by atoms with Gasteiger partial charge < -0.3 is 15.0 Å². The summed E-state index contributed by atoms with van der Waals surface area (Å²) in [5.74, 6) is 0.738. The lowest BCUT2D eigenvalue weighted by Gasteiger charge is -2.23. The molecule has 2 unspecified atom stereocenters. The second-order valence-corrected chi connectivity index (χ2v) is 4.93. The molecule has 2 N–H and O–H groups in total. The molecule has 1 aromatic rings. The highest BCUT2D eigenvalue weighted by molar-refractivity contribution is 5.17. The summed E-state index contributed by atoms with van der Waals surface area (Å²) < 4.78 is 5.76. The highest BCUT2D eigenvalue weighted by Crippen LogP contribution is 2.23. The summed E-state index contributed by atoms with van der Waals surface area (Å²) in [6.07, 6.45) is 5.39. The highest BCUT2D eigenvalue weighted by atomic mass is 16.5. The number of imidazole rings is 1. The lowest BCUT2D eigenvalue weighted by atomic mass is 10.1. The molecule has 96 valence electrons. The SMILES string of the molecule is CCCC(C)CNCC1OCCc2[nH]cnc21. The Labute approximate surface area is 103 Å². The van der Waals surface area contributed by atoms with Crippen molar-refractivity contribution in [1.29, 1.82) is 0 Å². The van der Waals surface area contributed by atoms with Crippen LogP contribution in [0.5, 0.6) is 0 Å². The highest BCUT2D eigenvalue weighted by Gasteiger charge is 2.22. The zero-order valence-electron chi connectivity index (χ0n) is 10.8. The van der Waals surface area contributed by atoms with Gasteiger partial charge in [-0.05, 0) is 18.9 Å². The standard InChI is InChI=1S/C13H23N3O/c1-3-4-10(2)7-14-8-12-13-11(5-6-17-12)15-9-16-13/h9-10,12,14H,3-8H2,1-2H3,(H,15,16). The molecular weight excluding hydrogens is 214 g/mol. The van der Waals surface area contributed by atoms with Gasteiger partial charge >= 0.3 is 0 Å². The molecule has 0 amide bonds. The fraction of sp³-hybridized carbons (Fsp3) is 0.769. The molecule has 0 saturated carbocycles. The maximum absolute atomic E-state index is 5.76. The third-order valence-corrected chi connectivity index (χ3v) is 3.33. The van der Waals surface area contributed by atoms with Crippen LogP contribution in [0.1, 0.15) is 44.2 Å². The Morgan fingerprint density at radius 2 is 2.53 bits per heavy atom. The fourth-order valence-electron chi connectivity index (χ4n) is 2.40. The van der Waals surface area contributed by atoms with Crippen molar-refractivity contribution in [3.05, 3.63) is 17.7 Å². The Hall–Kier alpha value is -0.870. The molecule has 2 heterocycles. The molecule has 0 aromatic carbocycles. The van der Waals surface area contributed by atoms with Gasteiger partial charge in [0.1, 0.15) is 6.10 Å². The van der Waals surface area contributed by atoms with Gasteiger partial charge in [0.25, 0.3) is 0 Å². The summed E-state index contributed by atoms with van der Waals surface area (Å²) in [4.78, 5) is 7.54. The Kier molecular flexibility index (Phi) is 4.57. The number of H-pyrrole nitrogens is 1. The Balaban J connectivity index is 1.77. The van der Waals surface area contributed by atoms with Gasteiger partial charge in [0, 0.05) is 18.7 Å². The maximum Gasteiger partial charge on any atom is 0.114 e. The molecule has 0 bridgehead atoms. The number of fused-ring (bicyclic) bond motifs is 1. The molecule has 1 aliphatic heterocycles. The van der Waals surface area contributed by atoms with Crippen molar-refractivity contribution in [1.82, 2.24) is 15.3 Å². The summed E-state index contributed by atoms with van der Waals surface area (Å²) in [7, 11) is 0. The maximum atomic E-state index is 5.76. The van der Waals surface area contributed by atoms with Crippen molar-refractivity contribution in [2.24, 2.45) is 5.92 Å². The molecule has 17 heavy (non-hydrogen) atoms. The van der Waals surface area contributed by atoms with Crippen LogP contribution >= 0.6 is 0 Å². The smallest absolute Gasteiger partial charge is 0.114 e. The van der Waals surface area contributed by atoms with Gasteiger partial charge in [-0.1, -0.05) is 20.3 Å². The fourth-order valence-corrected chi connectivity index (χ4v) is 2.40. The van der Waals surface area contributed by atoms with Gasteiger partial charge in [-0.15, -0.1) is 0 Å². The van der Waals surface area contributed by atoms with Crippen LogP contribution in [0.3, 0.4) is 0 Å². The van der Waals surface area contributed by atoms with E-state index in [4.69, 9.17) is 4.74 Å². The van der Waals surface area contributed by atoms with Gasteiger partial charge in [-0.25, -0.2) is 4.98 Å². The summed E-state index contributed by atoms with van der Waals surface area (Å²) in [6, 6.07) is 0. The summed E-state index contributed by atoms with van der Waals surface area (Å²) in [6.45, 7) is 7.25. The Morgan fingerprint density at radius 3 is 3.35 bits per heavy atom. The van der Waals surface area contributed by atoms with Crippen LogP contribution in [0.2, 0.25) is 0 Å². The van der Waals surface area contributed by atoms with Crippen LogP contribution in [0, 0.1) is 5.92 Å². The minimum Gasteiger partial charge on any atom is -0.370 e. The number of hydrogen-bond donors (Lipinski definition) is 2. The topological polar surface area (TPSA) is 49.9 Å². The van der Waals surface area contributed by atoms with E-state index in [1.54, 1.807) is 6.33 Å². The lowest BCUT2D eigenvalue weighted by molar-refractivity contribution is 0.0387. The number of hydrogen-bond acceptors (Lipinski definition) is 3. The van der Waals surface area contributed by atoms with Gasteiger partial charge in [-0.2, -0.15) is 0 Å². The van der Waals surface area contributed by atoms with Crippen LogP contribution in [0.25, 0.3) is 0 Å². The van der Waals surface area contributed by atoms with Crippen LogP contribution in [0.4, 0.5) is 0 Å². The molecule has 2 rings (SSSR count). The summed E-state index contributed by atoms with van der Waals surface area (Å²) in [5, 5.41) is 3.49. The average molecular weight is 237 g/mol. The zero-order chi connectivity index (χ0) is 12.1. The predicted octanol–water partition coefficient (Wildman–Crippen LogP) is 2.05. The number of nitrogens with one attached hydrogen (secondary N) is 2. The molecule has 0 radical (unpaired) electrons. The number of rotatable bonds is 6. The zero-order valence-corrected chi connectivity index (χ0v) is 10.8. The molecule has 1 aliphatic rings. The largest absolute Gasteiger partial charge is 0.370 e. The minimum atomic E-state index is 0.124. The lowest BCUT2D eigenvalue weighted by Crippen LogP contribution is -2.30. The van der Waals surface area contributed by atoms with E-state index < -0.39 is 0 Å². The van der Waals surface area contributed by atoms with Gasteiger partial charge in [0.15, 0.2) is 0 Å². The van der Waals surface area contributed by atoms with Crippen molar-refractivity contribution in [3.63, 3.8) is 0 Å². The first-order chi connectivity index (χ1) is 8.31. The molecule has 0 aliphatic carbocycles. The number of nitrogens with zero attached hydrogens (tertiary/aromatic N) is 1. The van der Waals surface area contributed by atoms with Crippen LogP contribution in [-0.2, 0) is 11.2 Å². The molecule has 4 nitrogen and oxygen atoms in total. The second kappa shape index (κ2) is 6.17. The quantitative estimate of drug-likeness (QED) is 0.796. The monoisotopic (exact) mass is 237 g/mol. The Morgan fingerprint density at radius 1 is 1.65 bits per heavy atom. The van der Waals surface area contributed by atoms with E-state index in [-0.39, 0.29) is 6.10 Å². The molecular formula is C13H23N3O. The van der Waals surface area contributed by atoms with Gasteiger partial charge in [-0.3, -0.25) is 0 Å². The summed E-state index contributed by atoms with van der Waals surface area (Å²) in [5.41, 5.74) is 2.33. The molecule has 1 aromatic heterocycles. The first-order valence-electron chi connectivity index (χ1n) is 6.65. The number of aromatic amines is 1. The normalized spacial score (nSPS) is 21.2. The third-order valence-electron chi connectivity index (χ3n) is 3.33. The van der Waals surface area contributed by atoms with Crippen molar-refractivity contribution in [3.8, 4) is 0 Å². The first-order valence-corrected chi connectivity index (χ1v) is 6.65. The van der Waals surface area contributed by atoms with E-state index in [1.807, 2.05) is 0 Å². The van der Waals surface area contributed by atoms with E-state index in [9.17, 15) is 0 Å². The Bertz CT molecular complexity index is 337. The van der Waals surface area contributed by atoms with Gasteiger partial charge in [0.2, 0.25) is 0 Å². The van der Waals surface area contributed by atoms with Crippen molar-refractivity contribution in [2.45, 2.75) is 39.2 Å². The van der Waals surface area contributed by atoms with E-state index in [0.29, 0.717) is 0 Å². The number of ether oxygens (including phenoxy) is 1.